The maximum atomic E-state index is 2.85. The van der Waals surface area contributed by atoms with E-state index in [0.29, 0.717) is 0 Å². The fraction of sp³-hybridized carbons (Fsp3) is 0.588. The second kappa shape index (κ2) is 8.47. The van der Waals surface area contributed by atoms with Crippen molar-refractivity contribution < 1.29 is 0 Å². The van der Waals surface area contributed by atoms with Crippen LogP contribution in [-0.4, -0.2) is 8.07 Å². The van der Waals surface area contributed by atoms with Gasteiger partial charge in [0.1, 0.15) is 8.07 Å². The van der Waals surface area contributed by atoms with Gasteiger partial charge in [-0.25, -0.2) is 0 Å². The largest absolute Gasteiger partial charge is 0.117 e. The molecule has 0 nitrogen and oxygen atoms in total. The molecule has 0 aliphatic carbocycles. The summed E-state index contributed by atoms with van der Waals surface area (Å²) in [4.78, 5) is 0. The number of hydrogen-bond acceptors (Lipinski definition) is 0. The molecule has 1 atom stereocenters. The highest BCUT2D eigenvalue weighted by molar-refractivity contribution is 7.00. The highest BCUT2D eigenvalue weighted by Crippen LogP contribution is 2.54. The third-order valence-electron chi connectivity index (χ3n) is 8.33. The van der Waals surface area contributed by atoms with Crippen LogP contribution in [0.2, 0.25) is 11.1 Å². The zero-order valence-electron chi connectivity index (χ0n) is 25.3. The van der Waals surface area contributed by atoms with Gasteiger partial charge in [-0.3, -0.25) is 0 Å². The summed E-state index contributed by atoms with van der Waals surface area (Å²) >= 11 is 0. The molecule has 0 N–H and O–H groups in total. The topological polar surface area (TPSA) is 0 Å². The highest BCUT2D eigenvalue weighted by Gasteiger charge is 2.57. The van der Waals surface area contributed by atoms with Crippen LogP contribution < -0.4 is 5.19 Å². The van der Waals surface area contributed by atoms with Crippen LogP contribution in [0.15, 0.2) is 48.2 Å². The van der Waals surface area contributed by atoms with E-state index in [1.807, 2.05) is 0 Å². The maximum Gasteiger partial charge on any atom is 0.117 e. The molecule has 192 valence electrons. The van der Waals surface area contributed by atoms with Crippen molar-refractivity contribution in [1.29, 1.82) is 0 Å². The van der Waals surface area contributed by atoms with Crippen molar-refractivity contribution in [2.24, 2.45) is 5.41 Å². The molecule has 1 aliphatic heterocycles. The SMILES string of the molecule is CC(C)(C)/C(=C/[Si@@]1(C(C)(C)C)CC(C)(C)c2cc(C(C)(C)C)cc(C(C)(C)C)c21)c1ccccc1. The van der Waals surface area contributed by atoms with Gasteiger partial charge in [-0.1, -0.05) is 145 Å². The summed E-state index contributed by atoms with van der Waals surface area (Å²) in [5.41, 5.74) is 10.9. The van der Waals surface area contributed by atoms with Crippen molar-refractivity contribution in [1.82, 2.24) is 0 Å². The molecule has 0 bridgehead atoms. The number of fused-ring (bicyclic) bond motifs is 1. The van der Waals surface area contributed by atoms with Crippen LogP contribution in [-0.2, 0) is 16.2 Å². The molecular formula is C34H52Si. The molecule has 0 saturated carbocycles. The summed E-state index contributed by atoms with van der Waals surface area (Å²) in [5.74, 6) is 0. The van der Waals surface area contributed by atoms with Crippen LogP contribution in [0, 0.1) is 5.41 Å². The summed E-state index contributed by atoms with van der Waals surface area (Å²) in [5, 5.41) is 1.93. The lowest BCUT2D eigenvalue weighted by atomic mass is 9.75. The molecular weight excluding hydrogens is 436 g/mol. The second-order valence-electron chi connectivity index (χ2n) is 15.9. The fourth-order valence-electron chi connectivity index (χ4n) is 6.14. The van der Waals surface area contributed by atoms with E-state index < -0.39 is 8.07 Å². The van der Waals surface area contributed by atoms with E-state index in [1.165, 1.54) is 22.7 Å². The van der Waals surface area contributed by atoms with Crippen LogP contribution in [0.25, 0.3) is 5.57 Å². The van der Waals surface area contributed by atoms with Gasteiger partial charge in [0.2, 0.25) is 0 Å². The summed E-state index contributed by atoms with van der Waals surface area (Å²) in [6.45, 7) is 34.1. The number of hydrogen-bond donors (Lipinski definition) is 0. The summed E-state index contributed by atoms with van der Waals surface area (Å²) < 4.78 is 0. The van der Waals surface area contributed by atoms with Gasteiger partial charge in [0, 0.05) is 0 Å². The molecule has 0 saturated heterocycles. The average Bonchev–Trinajstić information content (AvgIpc) is 2.91. The average molecular weight is 489 g/mol. The van der Waals surface area contributed by atoms with Crippen LogP contribution in [0.4, 0.5) is 0 Å². The van der Waals surface area contributed by atoms with Crippen molar-refractivity contribution in [2.45, 2.75) is 124 Å². The zero-order valence-corrected chi connectivity index (χ0v) is 26.3. The minimum atomic E-state index is -2.14. The van der Waals surface area contributed by atoms with E-state index in [9.17, 15) is 0 Å². The maximum absolute atomic E-state index is 2.85. The van der Waals surface area contributed by atoms with Crippen LogP contribution in [0.3, 0.4) is 0 Å². The molecule has 35 heavy (non-hydrogen) atoms. The fourth-order valence-corrected chi connectivity index (χ4v) is 12.8. The first-order chi connectivity index (χ1) is 15.6. The molecule has 0 fully saturated rings. The first kappa shape index (κ1) is 28.0. The standard InChI is InChI=1S/C34H52Si/c1-30(2,3)25-20-26(31(4,5)6)29-27(21-25)34(13,14)23-35(29,33(10,11)12)22-28(32(7,8)9)24-18-16-15-17-19-24/h15-22H,23H2,1-14H3/b28-22+/t35-/m1/s1. The van der Waals surface area contributed by atoms with Gasteiger partial charge < -0.3 is 0 Å². The van der Waals surface area contributed by atoms with Gasteiger partial charge in [0.15, 0.2) is 0 Å². The van der Waals surface area contributed by atoms with Gasteiger partial charge in [0.05, 0.1) is 0 Å². The lowest BCUT2D eigenvalue weighted by molar-refractivity contribution is 0.557. The number of allylic oxidation sites excluding steroid dienone is 1. The van der Waals surface area contributed by atoms with E-state index in [-0.39, 0.29) is 26.7 Å². The zero-order chi connectivity index (χ0) is 26.8. The molecule has 1 heterocycles. The van der Waals surface area contributed by atoms with E-state index in [2.05, 4.69) is 145 Å². The smallest absolute Gasteiger partial charge is 0.0851 e. The monoisotopic (exact) mass is 488 g/mol. The van der Waals surface area contributed by atoms with Crippen molar-refractivity contribution in [3.8, 4) is 0 Å². The normalized spacial score (nSPS) is 21.3. The van der Waals surface area contributed by atoms with E-state index in [0.717, 1.165) is 0 Å². The van der Waals surface area contributed by atoms with Gasteiger partial charge >= 0.3 is 0 Å². The molecule has 0 unspecified atom stereocenters. The third-order valence-corrected chi connectivity index (χ3v) is 14.7. The van der Waals surface area contributed by atoms with Gasteiger partial charge in [-0.15, -0.1) is 0 Å². The lowest BCUT2D eigenvalue weighted by Crippen LogP contribution is -2.54. The predicted molar refractivity (Wildman–Crippen MR) is 161 cm³/mol. The lowest BCUT2D eigenvalue weighted by Gasteiger charge is -2.44. The number of benzene rings is 2. The van der Waals surface area contributed by atoms with Gasteiger partial charge in [-0.05, 0) is 65.8 Å². The van der Waals surface area contributed by atoms with Crippen LogP contribution in [0.1, 0.15) is 119 Å². The Labute approximate surface area is 218 Å². The molecule has 0 aromatic heterocycles. The summed E-state index contributed by atoms with van der Waals surface area (Å²) in [6, 6.07) is 17.6. The summed E-state index contributed by atoms with van der Waals surface area (Å²) in [6.07, 6.45) is 0. The van der Waals surface area contributed by atoms with E-state index >= 15 is 0 Å². The van der Waals surface area contributed by atoms with Gasteiger partial charge in [-0.2, -0.15) is 0 Å². The number of rotatable bonds is 2. The Balaban J connectivity index is 2.54. The van der Waals surface area contributed by atoms with Crippen molar-refractivity contribution in [2.75, 3.05) is 0 Å². The second-order valence-corrected chi connectivity index (χ2v) is 20.5. The Morgan fingerprint density at radius 3 is 1.74 bits per heavy atom. The molecule has 1 heteroatoms. The molecule has 0 spiro atoms. The van der Waals surface area contributed by atoms with Crippen molar-refractivity contribution in [3.05, 3.63) is 70.4 Å². The first-order valence-corrected chi connectivity index (χ1v) is 15.9. The Kier molecular flexibility index (Phi) is 6.77. The summed E-state index contributed by atoms with van der Waals surface area (Å²) in [7, 11) is -2.14. The highest BCUT2D eigenvalue weighted by atomic mass is 28.3. The van der Waals surface area contributed by atoms with Crippen molar-refractivity contribution in [3.63, 3.8) is 0 Å². The molecule has 2 aromatic carbocycles. The quantitative estimate of drug-likeness (QED) is 0.369. The third kappa shape index (κ3) is 5.13. The molecule has 1 aliphatic rings. The van der Waals surface area contributed by atoms with E-state index in [4.69, 9.17) is 0 Å². The Morgan fingerprint density at radius 1 is 0.771 bits per heavy atom. The van der Waals surface area contributed by atoms with E-state index in [1.54, 1.807) is 16.3 Å². The Hall–Kier alpha value is -1.60. The predicted octanol–water partition coefficient (Wildman–Crippen LogP) is 9.70. The Morgan fingerprint density at radius 2 is 1.31 bits per heavy atom. The first-order valence-electron chi connectivity index (χ1n) is 13.6. The minimum Gasteiger partial charge on any atom is -0.0851 e. The van der Waals surface area contributed by atoms with Crippen LogP contribution >= 0.6 is 0 Å². The molecule has 2 aromatic rings. The van der Waals surface area contributed by atoms with Gasteiger partial charge in [0.25, 0.3) is 0 Å². The van der Waals surface area contributed by atoms with Crippen molar-refractivity contribution >= 4 is 18.8 Å². The minimum absolute atomic E-state index is 0.0761. The molecule has 3 rings (SSSR count). The van der Waals surface area contributed by atoms with Crippen LogP contribution in [0.5, 0.6) is 0 Å². The molecule has 0 radical (unpaired) electrons. The molecule has 0 amide bonds. The Bertz CT molecular complexity index is 1100.